The van der Waals surface area contributed by atoms with Crippen molar-refractivity contribution in [2.45, 2.75) is 25.4 Å². The standard InChI is InChI=1S/C11H10F4O/c1-7(4-5-16)9-6-8(11(13,14)15)2-3-10(9)12/h2-3,5-7H,4H2,1H3. The van der Waals surface area contributed by atoms with Crippen LogP contribution in [0.3, 0.4) is 0 Å². The molecule has 0 aromatic heterocycles. The van der Waals surface area contributed by atoms with Crippen molar-refractivity contribution >= 4 is 6.29 Å². The molecule has 1 aromatic rings. The van der Waals surface area contributed by atoms with Gasteiger partial charge >= 0.3 is 6.18 Å². The van der Waals surface area contributed by atoms with Crippen LogP contribution in [0.4, 0.5) is 17.6 Å². The van der Waals surface area contributed by atoms with Crippen LogP contribution in [0.5, 0.6) is 0 Å². The molecule has 0 heterocycles. The van der Waals surface area contributed by atoms with E-state index < -0.39 is 23.5 Å². The van der Waals surface area contributed by atoms with E-state index >= 15 is 0 Å². The number of rotatable bonds is 3. The molecule has 0 N–H and O–H groups in total. The van der Waals surface area contributed by atoms with Gasteiger partial charge in [-0.1, -0.05) is 6.92 Å². The predicted molar refractivity (Wildman–Crippen MR) is 50.5 cm³/mol. The Morgan fingerprint density at radius 1 is 1.38 bits per heavy atom. The van der Waals surface area contributed by atoms with Gasteiger partial charge in [-0.15, -0.1) is 0 Å². The average molecular weight is 234 g/mol. The molecule has 0 aliphatic heterocycles. The quantitative estimate of drug-likeness (QED) is 0.577. The molecule has 16 heavy (non-hydrogen) atoms. The van der Waals surface area contributed by atoms with Gasteiger partial charge in [0.2, 0.25) is 0 Å². The summed E-state index contributed by atoms with van der Waals surface area (Å²) in [5.41, 5.74) is -0.983. The second-order valence-electron chi connectivity index (χ2n) is 3.54. The van der Waals surface area contributed by atoms with Gasteiger partial charge in [-0.05, 0) is 29.7 Å². The van der Waals surface area contributed by atoms with E-state index in [4.69, 9.17) is 0 Å². The topological polar surface area (TPSA) is 17.1 Å². The lowest BCUT2D eigenvalue weighted by Gasteiger charge is -2.13. The highest BCUT2D eigenvalue weighted by atomic mass is 19.4. The predicted octanol–water partition coefficient (Wildman–Crippen LogP) is 3.54. The van der Waals surface area contributed by atoms with Crippen molar-refractivity contribution in [3.63, 3.8) is 0 Å². The van der Waals surface area contributed by atoms with Crippen molar-refractivity contribution in [2.24, 2.45) is 0 Å². The van der Waals surface area contributed by atoms with E-state index in [1.165, 1.54) is 6.92 Å². The van der Waals surface area contributed by atoms with E-state index in [0.29, 0.717) is 12.4 Å². The van der Waals surface area contributed by atoms with E-state index in [0.717, 1.165) is 12.1 Å². The fourth-order valence-corrected chi connectivity index (χ4v) is 1.37. The molecule has 1 nitrogen and oxygen atoms in total. The number of carbonyl (C=O) groups excluding carboxylic acids is 1. The zero-order valence-corrected chi connectivity index (χ0v) is 8.51. The van der Waals surface area contributed by atoms with Gasteiger partial charge in [0, 0.05) is 6.42 Å². The molecule has 0 radical (unpaired) electrons. The van der Waals surface area contributed by atoms with Crippen LogP contribution in [0.2, 0.25) is 0 Å². The molecule has 0 saturated carbocycles. The van der Waals surface area contributed by atoms with Crippen LogP contribution in [0.1, 0.15) is 30.4 Å². The van der Waals surface area contributed by atoms with Crippen LogP contribution in [-0.4, -0.2) is 6.29 Å². The Morgan fingerprint density at radius 3 is 2.50 bits per heavy atom. The third-order valence-corrected chi connectivity index (χ3v) is 2.30. The first-order chi connectivity index (χ1) is 7.36. The van der Waals surface area contributed by atoms with Crippen LogP contribution in [0.15, 0.2) is 18.2 Å². The summed E-state index contributed by atoms with van der Waals surface area (Å²) in [6.07, 6.45) is -3.94. The van der Waals surface area contributed by atoms with E-state index in [1.807, 2.05) is 0 Å². The summed E-state index contributed by atoms with van der Waals surface area (Å²) in [7, 11) is 0. The van der Waals surface area contributed by atoms with E-state index in [2.05, 4.69) is 0 Å². The molecule has 0 aliphatic carbocycles. The third-order valence-electron chi connectivity index (χ3n) is 2.30. The summed E-state index contributed by atoms with van der Waals surface area (Å²) in [4.78, 5) is 10.2. The number of benzene rings is 1. The number of aldehydes is 1. The van der Waals surface area contributed by atoms with Gasteiger partial charge in [-0.2, -0.15) is 13.2 Å². The van der Waals surface area contributed by atoms with Gasteiger partial charge in [-0.25, -0.2) is 4.39 Å². The fraction of sp³-hybridized carbons (Fsp3) is 0.364. The van der Waals surface area contributed by atoms with Crippen molar-refractivity contribution < 1.29 is 22.4 Å². The largest absolute Gasteiger partial charge is 0.416 e. The van der Waals surface area contributed by atoms with Gasteiger partial charge in [0.25, 0.3) is 0 Å². The first kappa shape index (κ1) is 12.7. The van der Waals surface area contributed by atoms with Gasteiger partial charge in [-0.3, -0.25) is 0 Å². The van der Waals surface area contributed by atoms with Crippen LogP contribution in [-0.2, 0) is 11.0 Å². The smallest absolute Gasteiger partial charge is 0.303 e. The van der Waals surface area contributed by atoms with E-state index in [-0.39, 0.29) is 12.0 Å². The van der Waals surface area contributed by atoms with E-state index in [1.54, 1.807) is 0 Å². The molecule has 0 aliphatic rings. The highest BCUT2D eigenvalue weighted by molar-refractivity contribution is 5.51. The average Bonchev–Trinajstić information content (AvgIpc) is 2.16. The lowest BCUT2D eigenvalue weighted by Crippen LogP contribution is -2.08. The molecule has 1 unspecified atom stereocenters. The maximum Gasteiger partial charge on any atom is 0.416 e. The van der Waals surface area contributed by atoms with E-state index in [9.17, 15) is 22.4 Å². The summed E-state index contributed by atoms with van der Waals surface area (Å²) in [5.74, 6) is -1.28. The van der Waals surface area contributed by atoms with Crippen molar-refractivity contribution in [2.75, 3.05) is 0 Å². The lowest BCUT2D eigenvalue weighted by atomic mass is 9.96. The number of hydrogen-bond acceptors (Lipinski definition) is 1. The Labute approximate surface area is 90.1 Å². The number of hydrogen-bond donors (Lipinski definition) is 0. The number of alkyl halides is 3. The van der Waals surface area contributed by atoms with Crippen LogP contribution < -0.4 is 0 Å². The summed E-state index contributed by atoms with van der Waals surface area (Å²) in [6, 6.07) is 2.22. The lowest BCUT2D eigenvalue weighted by molar-refractivity contribution is -0.137. The fourth-order valence-electron chi connectivity index (χ4n) is 1.37. The summed E-state index contributed by atoms with van der Waals surface area (Å²) >= 11 is 0. The Morgan fingerprint density at radius 2 is 2.00 bits per heavy atom. The first-order valence-electron chi connectivity index (χ1n) is 4.66. The molecule has 1 aromatic carbocycles. The minimum absolute atomic E-state index is 0.00176. The highest BCUT2D eigenvalue weighted by Crippen LogP contribution is 2.32. The van der Waals surface area contributed by atoms with Crippen LogP contribution in [0, 0.1) is 5.82 Å². The second-order valence-corrected chi connectivity index (χ2v) is 3.54. The second kappa shape index (κ2) is 4.63. The normalized spacial score (nSPS) is 13.6. The molecule has 0 bridgehead atoms. The molecule has 5 heteroatoms. The van der Waals surface area contributed by atoms with Crippen molar-refractivity contribution in [3.05, 3.63) is 35.1 Å². The van der Waals surface area contributed by atoms with Crippen molar-refractivity contribution in [1.82, 2.24) is 0 Å². The Balaban J connectivity index is 3.13. The Hall–Kier alpha value is -1.39. The van der Waals surface area contributed by atoms with Gasteiger partial charge in [0.05, 0.1) is 5.56 Å². The van der Waals surface area contributed by atoms with Crippen LogP contribution >= 0.6 is 0 Å². The molecule has 0 spiro atoms. The zero-order chi connectivity index (χ0) is 12.3. The Bertz CT molecular complexity index is 384. The van der Waals surface area contributed by atoms with Crippen molar-refractivity contribution in [3.8, 4) is 0 Å². The van der Waals surface area contributed by atoms with Crippen LogP contribution in [0.25, 0.3) is 0 Å². The summed E-state index contributed by atoms with van der Waals surface area (Å²) < 4.78 is 50.3. The number of carbonyl (C=O) groups is 1. The maximum atomic E-state index is 13.2. The molecule has 0 fully saturated rings. The summed E-state index contributed by atoms with van der Waals surface area (Å²) in [5, 5.41) is 0. The molecular weight excluding hydrogens is 224 g/mol. The molecule has 88 valence electrons. The maximum absolute atomic E-state index is 13.2. The van der Waals surface area contributed by atoms with Gasteiger partial charge < -0.3 is 4.79 Å². The van der Waals surface area contributed by atoms with Gasteiger partial charge in [0.15, 0.2) is 0 Å². The minimum Gasteiger partial charge on any atom is -0.303 e. The Kier molecular flexibility index (Phi) is 3.67. The molecule has 1 rings (SSSR count). The number of halogens is 4. The highest BCUT2D eigenvalue weighted by Gasteiger charge is 2.31. The minimum atomic E-state index is -4.50. The monoisotopic (exact) mass is 234 g/mol. The summed E-state index contributed by atoms with van der Waals surface area (Å²) in [6.45, 7) is 1.51. The molecule has 0 amide bonds. The zero-order valence-electron chi connectivity index (χ0n) is 8.51. The molecular formula is C11H10F4O. The first-order valence-corrected chi connectivity index (χ1v) is 4.66. The molecule has 0 saturated heterocycles. The third kappa shape index (κ3) is 2.81. The van der Waals surface area contributed by atoms with Crippen molar-refractivity contribution in [1.29, 1.82) is 0 Å². The SMILES string of the molecule is CC(CC=O)c1cc(C(F)(F)F)ccc1F. The van der Waals surface area contributed by atoms with Gasteiger partial charge in [0.1, 0.15) is 12.1 Å². The molecule has 1 atom stereocenters.